The molecular formula is C18H29NO2. The van der Waals surface area contributed by atoms with Crippen molar-refractivity contribution >= 4 is 11.8 Å². The molecule has 0 bridgehead atoms. The van der Waals surface area contributed by atoms with Crippen molar-refractivity contribution in [3.63, 3.8) is 0 Å². The molecule has 0 saturated heterocycles. The van der Waals surface area contributed by atoms with Gasteiger partial charge in [-0.25, -0.2) is 4.79 Å². The zero-order valence-corrected chi connectivity index (χ0v) is 14.2. The number of rotatable bonds is 4. The number of amides is 1. The van der Waals surface area contributed by atoms with Gasteiger partial charge in [-0.2, -0.15) is 0 Å². The van der Waals surface area contributed by atoms with Gasteiger partial charge in [0.25, 0.3) is 0 Å². The molecule has 1 N–H and O–H groups in total. The third-order valence-electron chi connectivity index (χ3n) is 2.99. The summed E-state index contributed by atoms with van der Waals surface area (Å²) < 4.78 is 5.22. The van der Waals surface area contributed by atoms with Crippen molar-refractivity contribution in [3.05, 3.63) is 29.8 Å². The summed E-state index contributed by atoms with van der Waals surface area (Å²) in [5, 5.41) is 2.74. The SMILES string of the molecule is CC(C)(C)CCCc1ccc(NC(=O)OC(C)(C)C)cc1. The molecule has 0 atom stereocenters. The van der Waals surface area contributed by atoms with E-state index in [1.807, 2.05) is 32.9 Å². The molecule has 0 aliphatic carbocycles. The Labute approximate surface area is 129 Å². The largest absolute Gasteiger partial charge is 0.444 e. The van der Waals surface area contributed by atoms with Gasteiger partial charge in [0.05, 0.1) is 0 Å². The number of anilines is 1. The maximum atomic E-state index is 11.7. The van der Waals surface area contributed by atoms with E-state index >= 15 is 0 Å². The van der Waals surface area contributed by atoms with Crippen LogP contribution in [0.1, 0.15) is 59.9 Å². The highest BCUT2D eigenvalue weighted by Crippen LogP contribution is 2.22. The maximum Gasteiger partial charge on any atom is 0.412 e. The molecule has 0 unspecified atom stereocenters. The Kier molecular flexibility index (Phi) is 5.82. The van der Waals surface area contributed by atoms with Crippen molar-refractivity contribution < 1.29 is 9.53 Å². The lowest BCUT2D eigenvalue weighted by Gasteiger charge is -2.19. The Hall–Kier alpha value is -1.51. The van der Waals surface area contributed by atoms with Crippen LogP contribution in [0.4, 0.5) is 10.5 Å². The second-order valence-corrected chi connectivity index (χ2v) is 7.74. The molecule has 0 heterocycles. The lowest BCUT2D eigenvalue weighted by molar-refractivity contribution is 0.0636. The van der Waals surface area contributed by atoms with Crippen LogP contribution in [0.25, 0.3) is 0 Å². The van der Waals surface area contributed by atoms with E-state index < -0.39 is 11.7 Å². The van der Waals surface area contributed by atoms with Gasteiger partial charge in [-0.1, -0.05) is 32.9 Å². The predicted octanol–water partition coefficient (Wildman–Crippen LogP) is 5.40. The Balaban J connectivity index is 2.45. The Morgan fingerprint density at radius 1 is 1.05 bits per heavy atom. The standard InChI is InChI=1S/C18H29NO2/c1-17(2,3)13-7-8-14-9-11-15(12-10-14)19-16(20)21-18(4,5)6/h9-12H,7-8,13H2,1-6H3,(H,19,20). The minimum absolute atomic E-state index is 0.387. The van der Waals surface area contributed by atoms with Crippen molar-refractivity contribution in [2.24, 2.45) is 5.41 Å². The zero-order chi connectivity index (χ0) is 16.1. The minimum Gasteiger partial charge on any atom is -0.444 e. The predicted molar refractivity (Wildman–Crippen MR) is 88.7 cm³/mol. The molecule has 3 heteroatoms. The van der Waals surface area contributed by atoms with E-state index in [9.17, 15) is 4.79 Å². The number of nitrogens with one attached hydrogen (secondary N) is 1. The van der Waals surface area contributed by atoms with Gasteiger partial charge >= 0.3 is 6.09 Å². The van der Waals surface area contributed by atoms with Crippen LogP contribution in [-0.4, -0.2) is 11.7 Å². The summed E-state index contributed by atoms with van der Waals surface area (Å²) >= 11 is 0. The van der Waals surface area contributed by atoms with Gasteiger partial charge in [-0.15, -0.1) is 0 Å². The molecule has 0 saturated carbocycles. The number of aryl methyl sites for hydroxylation is 1. The summed E-state index contributed by atoms with van der Waals surface area (Å²) in [5.41, 5.74) is 1.98. The molecule has 0 aliphatic heterocycles. The smallest absolute Gasteiger partial charge is 0.412 e. The highest BCUT2D eigenvalue weighted by Gasteiger charge is 2.16. The topological polar surface area (TPSA) is 38.3 Å². The summed E-state index contributed by atoms with van der Waals surface area (Å²) in [4.78, 5) is 11.7. The van der Waals surface area contributed by atoms with Gasteiger partial charge in [0.15, 0.2) is 0 Å². The molecule has 1 aromatic rings. The van der Waals surface area contributed by atoms with Crippen molar-refractivity contribution in [3.8, 4) is 0 Å². The van der Waals surface area contributed by atoms with Crippen molar-refractivity contribution in [2.75, 3.05) is 5.32 Å². The van der Waals surface area contributed by atoms with Gasteiger partial charge < -0.3 is 4.74 Å². The Bertz CT molecular complexity index is 450. The molecule has 0 aliphatic rings. The number of hydrogen-bond donors (Lipinski definition) is 1. The molecule has 118 valence electrons. The van der Waals surface area contributed by atoms with E-state index in [1.165, 1.54) is 18.4 Å². The van der Waals surface area contributed by atoms with E-state index in [0.717, 1.165) is 12.1 Å². The molecule has 1 aromatic carbocycles. The molecule has 0 radical (unpaired) electrons. The molecule has 21 heavy (non-hydrogen) atoms. The van der Waals surface area contributed by atoms with Crippen molar-refractivity contribution in [2.45, 2.75) is 66.4 Å². The fraction of sp³-hybridized carbons (Fsp3) is 0.611. The van der Waals surface area contributed by atoms with Gasteiger partial charge in [-0.3, -0.25) is 5.32 Å². The first kappa shape index (κ1) is 17.5. The van der Waals surface area contributed by atoms with E-state index in [2.05, 4.69) is 38.2 Å². The highest BCUT2D eigenvalue weighted by molar-refractivity contribution is 5.84. The summed E-state index contributed by atoms with van der Waals surface area (Å²) in [6.07, 6.45) is 3.06. The number of ether oxygens (including phenoxy) is 1. The number of carbonyl (C=O) groups is 1. The molecule has 1 amide bonds. The lowest BCUT2D eigenvalue weighted by atomic mass is 9.89. The summed E-state index contributed by atoms with van der Waals surface area (Å²) in [6.45, 7) is 12.4. The Morgan fingerprint density at radius 2 is 1.62 bits per heavy atom. The molecular weight excluding hydrogens is 262 g/mol. The quantitative estimate of drug-likeness (QED) is 0.806. The van der Waals surface area contributed by atoms with Crippen molar-refractivity contribution in [1.29, 1.82) is 0 Å². The van der Waals surface area contributed by atoms with Crippen molar-refractivity contribution in [1.82, 2.24) is 0 Å². The number of carbonyl (C=O) groups excluding carboxylic acids is 1. The average molecular weight is 291 g/mol. The molecule has 3 nitrogen and oxygen atoms in total. The molecule has 0 spiro atoms. The third kappa shape index (κ3) is 8.38. The van der Waals surface area contributed by atoms with E-state index in [1.54, 1.807) is 0 Å². The van der Waals surface area contributed by atoms with Crippen LogP contribution in [-0.2, 0) is 11.2 Å². The minimum atomic E-state index is -0.475. The molecule has 0 fully saturated rings. The lowest BCUT2D eigenvalue weighted by Crippen LogP contribution is -2.27. The van der Waals surface area contributed by atoms with Gasteiger partial charge in [0.1, 0.15) is 5.60 Å². The van der Waals surface area contributed by atoms with Gasteiger partial charge in [0.2, 0.25) is 0 Å². The summed E-state index contributed by atoms with van der Waals surface area (Å²) in [6, 6.07) is 7.98. The highest BCUT2D eigenvalue weighted by atomic mass is 16.6. The molecule has 1 rings (SSSR count). The first-order valence-electron chi connectivity index (χ1n) is 7.64. The van der Waals surface area contributed by atoms with Crippen LogP contribution < -0.4 is 5.32 Å². The van der Waals surface area contributed by atoms with Crippen LogP contribution in [0.15, 0.2) is 24.3 Å². The van der Waals surface area contributed by atoms with Crippen LogP contribution in [0.2, 0.25) is 0 Å². The number of benzene rings is 1. The van der Waals surface area contributed by atoms with Crippen LogP contribution in [0.5, 0.6) is 0 Å². The number of hydrogen-bond acceptors (Lipinski definition) is 2. The van der Waals surface area contributed by atoms with Crippen LogP contribution >= 0.6 is 0 Å². The van der Waals surface area contributed by atoms with Crippen LogP contribution in [0, 0.1) is 5.41 Å². The normalized spacial score (nSPS) is 12.1. The Morgan fingerprint density at radius 3 is 2.10 bits per heavy atom. The third-order valence-corrected chi connectivity index (χ3v) is 2.99. The van der Waals surface area contributed by atoms with E-state index in [4.69, 9.17) is 4.74 Å². The summed E-state index contributed by atoms with van der Waals surface area (Å²) in [5.74, 6) is 0. The fourth-order valence-corrected chi connectivity index (χ4v) is 2.00. The first-order valence-corrected chi connectivity index (χ1v) is 7.64. The summed E-state index contributed by atoms with van der Waals surface area (Å²) in [7, 11) is 0. The second-order valence-electron chi connectivity index (χ2n) is 7.74. The second kappa shape index (κ2) is 6.97. The zero-order valence-electron chi connectivity index (χ0n) is 14.2. The maximum absolute atomic E-state index is 11.7. The van der Waals surface area contributed by atoms with Crippen LogP contribution in [0.3, 0.4) is 0 Å². The monoisotopic (exact) mass is 291 g/mol. The first-order chi connectivity index (χ1) is 9.55. The fourth-order valence-electron chi connectivity index (χ4n) is 2.00. The van der Waals surface area contributed by atoms with E-state index in [0.29, 0.717) is 5.41 Å². The van der Waals surface area contributed by atoms with Gasteiger partial charge in [0, 0.05) is 5.69 Å². The van der Waals surface area contributed by atoms with Gasteiger partial charge in [-0.05, 0) is 63.1 Å². The van der Waals surface area contributed by atoms with E-state index in [-0.39, 0.29) is 0 Å². The molecule has 0 aromatic heterocycles. The average Bonchev–Trinajstić information content (AvgIpc) is 2.27.